The molecule has 0 unspecified atom stereocenters. The van der Waals surface area contributed by atoms with Crippen molar-refractivity contribution in [2.24, 2.45) is 0 Å². The maximum absolute atomic E-state index is 11.8. The predicted molar refractivity (Wildman–Crippen MR) is 58.7 cm³/mol. The third-order valence-corrected chi connectivity index (χ3v) is 2.09. The van der Waals surface area contributed by atoms with Gasteiger partial charge in [0.1, 0.15) is 5.82 Å². The molecule has 0 fully saturated rings. The first-order valence-electron chi connectivity index (χ1n) is 5.32. The maximum Gasteiger partial charge on any atom is 0.389 e. The van der Waals surface area contributed by atoms with E-state index in [-0.39, 0.29) is 30.9 Å². The van der Waals surface area contributed by atoms with Crippen molar-refractivity contribution in [1.82, 2.24) is 15.5 Å². The van der Waals surface area contributed by atoms with Gasteiger partial charge in [-0.05, 0) is 25.0 Å². The summed E-state index contributed by atoms with van der Waals surface area (Å²) in [7, 11) is 0. The SMILES string of the molecule is Nc1ccc(C(=O)NCCCCC(F)(F)F)nn1. The van der Waals surface area contributed by atoms with Crippen LogP contribution in [0.15, 0.2) is 12.1 Å². The van der Waals surface area contributed by atoms with Gasteiger partial charge in [0.2, 0.25) is 0 Å². The average Bonchev–Trinajstić information content (AvgIpc) is 2.27. The minimum absolute atomic E-state index is 0.0167. The number of amides is 1. The summed E-state index contributed by atoms with van der Waals surface area (Å²) in [4.78, 5) is 11.4. The lowest BCUT2D eigenvalue weighted by Crippen LogP contribution is -2.26. The van der Waals surface area contributed by atoms with Crippen LogP contribution < -0.4 is 11.1 Å². The van der Waals surface area contributed by atoms with Crippen molar-refractivity contribution in [2.45, 2.75) is 25.4 Å². The first-order valence-corrected chi connectivity index (χ1v) is 5.32. The highest BCUT2D eigenvalue weighted by atomic mass is 19.4. The third-order valence-electron chi connectivity index (χ3n) is 2.09. The molecule has 3 N–H and O–H groups in total. The lowest BCUT2D eigenvalue weighted by atomic mass is 10.2. The van der Waals surface area contributed by atoms with Crippen LogP contribution in [0.25, 0.3) is 0 Å². The Morgan fingerprint density at radius 2 is 2.00 bits per heavy atom. The normalized spacial score (nSPS) is 11.3. The lowest BCUT2D eigenvalue weighted by Gasteiger charge is -2.06. The van der Waals surface area contributed by atoms with Crippen LogP contribution in [0, 0.1) is 0 Å². The fourth-order valence-electron chi connectivity index (χ4n) is 1.21. The molecule has 0 atom stereocenters. The number of carbonyl (C=O) groups excluding carboxylic acids is 1. The smallest absolute Gasteiger partial charge is 0.382 e. The molecule has 0 spiro atoms. The second-order valence-corrected chi connectivity index (χ2v) is 3.67. The molecule has 0 aliphatic rings. The molecule has 1 amide bonds. The first-order chi connectivity index (χ1) is 8.38. The van der Waals surface area contributed by atoms with Gasteiger partial charge in [0.25, 0.3) is 5.91 Å². The van der Waals surface area contributed by atoms with E-state index in [1.807, 2.05) is 0 Å². The Labute approximate surface area is 102 Å². The molecule has 0 aromatic carbocycles. The molecule has 0 radical (unpaired) electrons. The molecular weight excluding hydrogens is 249 g/mol. The van der Waals surface area contributed by atoms with E-state index in [1.54, 1.807) is 0 Å². The molecule has 1 aromatic rings. The number of nitrogens with two attached hydrogens (primary N) is 1. The molecule has 0 bridgehead atoms. The van der Waals surface area contributed by atoms with Gasteiger partial charge in [-0.2, -0.15) is 13.2 Å². The topological polar surface area (TPSA) is 80.9 Å². The number of halogens is 3. The highest BCUT2D eigenvalue weighted by molar-refractivity contribution is 5.92. The minimum atomic E-state index is -4.15. The fourth-order valence-corrected chi connectivity index (χ4v) is 1.21. The largest absolute Gasteiger partial charge is 0.389 e. The van der Waals surface area contributed by atoms with Crippen LogP contribution >= 0.6 is 0 Å². The molecule has 0 saturated carbocycles. The van der Waals surface area contributed by atoms with Crippen LogP contribution in [-0.2, 0) is 0 Å². The van der Waals surface area contributed by atoms with Gasteiger partial charge in [-0.3, -0.25) is 4.79 Å². The number of nitrogen functional groups attached to an aromatic ring is 1. The molecule has 1 rings (SSSR count). The predicted octanol–water partition coefficient (Wildman–Crippen LogP) is 1.52. The molecule has 18 heavy (non-hydrogen) atoms. The van der Waals surface area contributed by atoms with Crippen molar-refractivity contribution < 1.29 is 18.0 Å². The zero-order valence-corrected chi connectivity index (χ0v) is 9.50. The van der Waals surface area contributed by atoms with Crippen molar-refractivity contribution in [1.29, 1.82) is 0 Å². The zero-order chi connectivity index (χ0) is 13.6. The molecule has 1 heterocycles. The van der Waals surface area contributed by atoms with Gasteiger partial charge in [0.05, 0.1) is 0 Å². The number of nitrogens with zero attached hydrogens (tertiary/aromatic N) is 2. The zero-order valence-electron chi connectivity index (χ0n) is 9.50. The Hall–Kier alpha value is -1.86. The quantitative estimate of drug-likeness (QED) is 0.788. The van der Waals surface area contributed by atoms with Crippen LogP contribution in [0.4, 0.5) is 19.0 Å². The van der Waals surface area contributed by atoms with Gasteiger partial charge in [-0.25, -0.2) is 0 Å². The van der Waals surface area contributed by atoms with Gasteiger partial charge in [-0.15, -0.1) is 10.2 Å². The van der Waals surface area contributed by atoms with Crippen molar-refractivity contribution >= 4 is 11.7 Å². The standard InChI is InChI=1S/C10H13F3N4O/c11-10(12,13)5-1-2-6-15-9(18)7-3-4-8(14)17-16-7/h3-4H,1-2,5-6H2,(H2,14,17)(H,15,18). The molecule has 100 valence electrons. The number of unbranched alkanes of at least 4 members (excludes halogenated alkanes) is 1. The van der Waals surface area contributed by atoms with Crippen molar-refractivity contribution in [3.8, 4) is 0 Å². The van der Waals surface area contributed by atoms with Gasteiger partial charge in [-0.1, -0.05) is 0 Å². The van der Waals surface area contributed by atoms with E-state index in [4.69, 9.17) is 5.73 Å². The van der Waals surface area contributed by atoms with E-state index in [0.29, 0.717) is 0 Å². The lowest BCUT2D eigenvalue weighted by molar-refractivity contribution is -0.135. The van der Waals surface area contributed by atoms with Crippen LogP contribution in [0.5, 0.6) is 0 Å². The van der Waals surface area contributed by atoms with E-state index in [0.717, 1.165) is 0 Å². The highest BCUT2D eigenvalue weighted by Crippen LogP contribution is 2.21. The van der Waals surface area contributed by atoms with E-state index in [1.165, 1.54) is 12.1 Å². The second-order valence-electron chi connectivity index (χ2n) is 3.67. The Bertz CT molecular complexity index is 391. The number of nitrogens with one attached hydrogen (secondary N) is 1. The summed E-state index contributed by atoms with van der Waals surface area (Å²) in [6.45, 7) is 0.168. The first kappa shape index (κ1) is 14.2. The van der Waals surface area contributed by atoms with Gasteiger partial charge in [0.15, 0.2) is 5.69 Å². The number of hydrogen-bond acceptors (Lipinski definition) is 4. The maximum atomic E-state index is 11.8. The summed E-state index contributed by atoms with van der Waals surface area (Å²) < 4.78 is 35.5. The van der Waals surface area contributed by atoms with E-state index in [9.17, 15) is 18.0 Å². The summed E-state index contributed by atoms with van der Waals surface area (Å²) in [6, 6.07) is 2.82. The number of alkyl halides is 3. The van der Waals surface area contributed by atoms with Crippen LogP contribution in [0.3, 0.4) is 0 Å². The van der Waals surface area contributed by atoms with E-state index in [2.05, 4.69) is 15.5 Å². The molecule has 0 saturated heterocycles. The summed E-state index contributed by atoms with van der Waals surface area (Å²) in [5.41, 5.74) is 5.38. The summed E-state index contributed by atoms with van der Waals surface area (Å²) >= 11 is 0. The Morgan fingerprint density at radius 1 is 1.28 bits per heavy atom. The van der Waals surface area contributed by atoms with Crippen LogP contribution in [0.1, 0.15) is 29.8 Å². The second kappa shape index (κ2) is 6.18. The van der Waals surface area contributed by atoms with Crippen molar-refractivity contribution in [3.63, 3.8) is 0 Å². The summed E-state index contributed by atoms with van der Waals surface area (Å²) in [6.07, 6.45) is -4.75. The number of rotatable bonds is 5. The van der Waals surface area contributed by atoms with Gasteiger partial charge >= 0.3 is 6.18 Å². The Morgan fingerprint density at radius 3 is 2.56 bits per heavy atom. The number of anilines is 1. The summed E-state index contributed by atoms with van der Waals surface area (Å²) in [5.74, 6) is -0.286. The van der Waals surface area contributed by atoms with E-state index >= 15 is 0 Å². The van der Waals surface area contributed by atoms with Crippen molar-refractivity contribution in [3.05, 3.63) is 17.8 Å². The molecule has 0 aliphatic carbocycles. The Kier molecular flexibility index (Phi) is 4.87. The van der Waals surface area contributed by atoms with E-state index < -0.39 is 18.5 Å². The number of aromatic nitrogens is 2. The minimum Gasteiger partial charge on any atom is -0.382 e. The summed E-state index contributed by atoms with van der Waals surface area (Å²) in [5, 5.41) is 9.50. The van der Waals surface area contributed by atoms with Crippen LogP contribution in [0.2, 0.25) is 0 Å². The van der Waals surface area contributed by atoms with Crippen molar-refractivity contribution in [2.75, 3.05) is 12.3 Å². The molecule has 0 aliphatic heterocycles. The fraction of sp³-hybridized carbons (Fsp3) is 0.500. The number of hydrogen-bond donors (Lipinski definition) is 2. The Balaban J connectivity index is 2.24. The van der Waals surface area contributed by atoms with Gasteiger partial charge in [0, 0.05) is 13.0 Å². The monoisotopic (exact) mass is 262 g/mol. The average molecular weight is 262 g/mol. The van der Waals surface area contributed by atoms with Gasteiger partial charge < -0.3 is 11.1 Å². The molecular formula is C10H13F3N4O. The number of carbonyl (C=O) groups is 1. The van der Waals surface area contributed by atoms with Crippen LogP contribution in [-0.4, -0.2) is 28.8 Å². The molecule has 5 nitrogen and oxygen atoms in total. The third kappa shape index (κ3) is 5.46. The molecule has 1 aromatic heterocycles. The molecule has 8 heteroatoms. The highest BCUT2D eigenvalue weighted by Gasteiger charge is 2.25.